The number of nitrogens with one attached hydrogen (secondary N) is 1. The maximum Gasteiger partial charge on any atom is 0.259 e. The van der Waals surface area contributed by atoms with E-state index in [2.05, 4.69) is 16.9 Å². The van der Waals surface area contributed by atoms with Crippen LogP contribution in [0.25, 0.3) is 11.3 Å². The second kappa shape index (κ2) is 7.45. The Morgan fingerprint density at radius 3 is 2.54 bits per heavy atom. The molecule has 1 amide bonds. The molecule has 0 aliphatic rings. The lowest BCUT2D eigenvalue weighted by atomic mass is 10.0. The van der Waals surface area contributed by atoms with E-state index >= 15 is 0 Å². The standard InChI is InChI=1S/C18H18ClFN4O2/c1-8(2)16(17(19)22)24-18(26)11-6-12(20)10(7-14(11)25)13-4-9(3)5-15(21)23-13/h4-7,25H,1,22H2,2-3H3,(H2,21,23)(H,24,26)/b17-16+. The first-order chi connectivity index (χ1) is 12.1. The Morgan fingerprint density at radius 1 is 1.35 bits per heavy atom. The summed E-state index contributed by atoms with van der Waals surface area (Å²) >= 11 is 5.70. The zero-order valence-electron chi connectivity index (χ0n) is 14.2. The van der Waals surface area contributed by atoms with Gasteiger partial charge in [0.2, 0.25) is 0 Å². The van der Waals surface area contributed by atoms with Crippen LogP contribution in [0.4, 0.5) is 10.2 Å². The fourth-order valence-electron chi connectivity index (χ4n) is 2.32. The van der Waals surface area contributed by atoms with E-state index in [1.165, 1.54) is 0 Å². The summed E-state index contributed by atoms with van der Waals surface area (Å²) in [6.07, 6.45) is 0. The van der Waals surface area contributed by atoms with Crippen LogP contribution in [0.3, 0.4) is 0 Å². The van der Waals surface area contributed by atoms with Crippen LogP contribution in [0.5, 0.6) is 5.75 Å². The van der Waals surface area contributed by atoms with Crippen molar-refractivity contribution in [1.82, 2.24) is 10.3 Å². The number of pyridine rings is 1. The molecule has 1 heterocycles. The Morgan fingerprint density at radius 2 is 2.00 bits per heavy atom. The highest BCUT2D eigenvalue weighted by Gasteiger charge is 2.19. The molecule has 0 aliphatic carbocycles. The Bertz CT molecular complexity index is 917. The summed E-state index contributed by atoms with van der Waals surface area (Å²) in [5.41, 5.74) is 12.4. The molecule has 2 aromatic rings. The van der Waals surface area contributed by atoms with E-state index in [0.29, 0.717) is 5.57 Å². The van der Waals surface area contributed by atoms with Gasteiger partial charge in [0.15, 0.2) is 0 Å². The average molecular weight is 377 g/mol. The van der Waals surface area contributed by atoms with Crippen molar-refractivity contribution in [3.63, 3.8) is 0 Å². The predicted octanol–water partition coefficient (Wildman–Crippen LogP) is 3.16. The normalized spacial score (nSPS) is 11.7. The molecule has 0 fully saturated rings. The molecule has 0 saturated heterocycles. The van der Waals surface area contributed by atoms with Crippen molar-refractivity contribution in [2.75, 3.05) is 5.73 Å². The van der Waals surface area contributed by atoms with Crippen LogP contribution >= 0.6 is 11.6 Å². The number of phenolic OH excluding ortho intramolecular Hbond substituents is 1. The molecule has 6 nitrogen and oxygen atoms in total. The topological polar surface area (TPSA) is 114 Å². The molecule has 0 spiro atoms. The van der Waals surface area contributed by atoms with Gasteiger partial charge < -0.3 is 21.9 Å². The van der Waals surface area contributed by atoms with E-state index in [1.807, 2.05) is 0 Å². The number of nitrogen functional groups attached to an aromatic ring is 1. The lowest BCUT2D eigenvalue weighted by Crippen LogP contribution is -2.25. The van der Waals surface area contributed by atoms with E-state index in [0.717, 1.165) is 17.7 Å². The zero-order valence-corrected chi connectivity index (χ0v) is 15.0. The largest absolute Gasteiger partial charge is 0.507 e. The minimum Gasteiger partial charge on any atom is -0.507 e. The minimum absolute atomic E-state index is 0.0157. The number of hydrogen-bond donors (Lipinski definition) is 4. The number of rotatable bonds is 4. The zero-order chi connectivity index (χ0) is 19.6. The Kier molecular flexibility index (Phi) is 5.52. The third kappa shape index (κ3) is 4.12. The van der Waals surface area contributed by atoms with Crippen molar-refractivity contribution in [2.45, 2.75) is 13.8 Å². The number of amides is 1. The van der Waals surface area contributed by atoms with Gasteiger partial charge in [-0.3, -0.25) is 4.79 Å². The van der Waals surface area contributed by atoms with Gasteiger partial charge in [-0.1, -0.05) is 18.2 Å². The molecule has 136 valence electrons. The quantitative estimate of drug-likeness (QED) is 0.483. The van der Waals surface area contributed by atoms with Crippen molar-refractivity contribution in [2.24, 2.45) is 5.73 Å². The Balaban J connectivity index is 2.45. The number of phenols is 1. The maximum absolute atomic E-state index is 14.5. The summed E-state index contributed by atoms with van der Waals surface area (Å²) in [5.74, 6) is -1.75. The second-order valence-electron chi connectivity index (χ2n) is 5.76. The van der Waals surface area contributed by atoms with Crippen molar-refractivity contribution in [3.05, 3.63) is 64.2 Å². The molecule has 26 heavy (non-hydrogen) atoms. The number of benzene rings is 1. The number of aryl methyl sites for hydroxylation is 1. The number of halogens is 2. The van der Waals surface area contributed by atoms with Crippen LogP contribution in [0.2, 0.25) is 0 Å². The van der Waals surface area contributed by atoms with Gasteiger partial charge in [-0.2, -0.15) is 0 Å². The lowest BCUT2D eigenvalue weighted by Gasteiger charge is -2.13. The third-order valence-electron chi connectivity index (χ3n) is 3.50. The molecule has 8 heteroatoms. The first-order valence-corrected chi connectivity index (χ1v) is 7.87. The van der Waals surface area contributed by atoms with Gasteiger partial charge >= 0.3 is 0 Å². The summed E-state index contributed by atoms with van der Waals surface area (Å²) in [5, 5.41) is 12.4. The van der Waals surface area contributed by atoms with Crippen LogP contribution in [0.1, 0.15) is 22.8 Å². The van der Waals surface area contributed by atoms with Crippen LogP contribution in [-0.4, -0.2) is 16.0 Å². The summed E-state index contributed by atoms with van der Waals surface area (Å²) in [4.78, 5) is 16.4. The Labute approximate surface area is 155 Å². The molecule has 0 atom stereocenters. The van der Waals surface area contributed by atoms with Gasteiger partial charge in [-0.25, -0.2) is 9.37 Å². The number of nitrogens with zero attached hydrogens (tertiary/aromatic N) is 1. The summed E-state index contributed by atoms with van der Waals surface area (Å²) in [6, 6.07) is 5.26. The number of anilines is 1. The molecule has 0 saturated carbocycles. The molecule has 6 N–H and O–H groups in total. The van der Waals surface area contributed by atoms with Gasteiger partial charge in [0.25, 0.3) is 5.91 Å². The molecular formula is C18H18ClFN4O2. The van der Waals surface area contributed by atoms with Crippen LogP contribution in [0, 0.1) is 12.7 Å². The number of carbonyl (C=O) groups excluding carboxylic acids is 1. The van der Waals surface area contributed by atoms with E-state index in [1.54, 1.807) is 26.0 Å². The molecule has 0 aliphatic heterocycles. The van der Waals surface area contributed by atoms with Crippen molar-refractivity contribution in [1.29, 1.82) is 0 Å². The predicted molar refractivity (Wildman–Crippen MR) is 99.8 cm³/mol. The van der Waals surface area contributed by atoms with E-state index in [-0.39, 0.29) is 33.5 Å². The monoisotopic (exact) mass is 376 g/mol. The third-order valence-corrected chi connectivity index (χ3v) is 3.69. The van der Waals surface area contributed by atoms with Gasteiger partial charge in [0.1, 0.15) is 22.5 Å². The highest BCUT2D eigenvalue weighted by atomic mass is 35.5. The Hall–Kier alpha value is -3.06. The molecule has 2 rings (SSSR count). The van der Waals surface area contributed by atoms with Crippen molar-refractivity contribution < 1.29 is 14.3 Å². The highest BCUT2D eigenvalue weighted by Crippen LogP contribution is 2.30. The van der Waals surface area contributed by atoms with Gasteiger partial charge in [-0.15, -0.1) is 0 Å². The summed E-state index contributed by atoms with van der Waals surface area (Å²) in [6.45, 7) is 7.01. The molecular weight excluding hydrogens is 359 g/mol. The van der Waals surface area contributed by atoms with Gasteiger partial charge in [-0.05, 0) is 49.2 Å². The number of aromatic nitrogens is 1. The van der Waals surface area contributed by atoms with E-state index in [4.69, 9.17) is 23.1 Å². The number of nitrogens with two attached hydrogens (primary N) is 2. The first kappa shape index (κ1) is 19.3. The number of allylic oxidation sites excluding steroid dienone is 1. The summed E-state index contributed by atoms with van der Waals surface area (Å²) in [7, 11) is 0. The molecule has 0 bridgehead atoms. The minimum atomic E-state index is -0.786. The fourth-order valence-corrected chi connectivity index (χ4v) is 2.53. The van der Waals surface area contributed by atoms with Crippen molar-refractivity contribution >= 4 is 23.3 Å². The first-order valence-electron chi connectivity index (χ1n) is 7.49. The molecule has 0 radical (unpaired) electrons. The van der Waals surface area contributed by atoms with Crippen LogP contribution in [-0.2, 0) is 0 Å². The molecule has 1 aromatic heterocycles. The molecule has 0 unspecified atom stereocenters. The number of aromatic hydroxyl groups is 1. The second-order valence-corrected chi connectivity index (χ2v) is 6.17. The van der Waals surface area contributed by atoms with Gasteiger partial charge in [0.05, 0.1) is 17.0 Å². The van der Waals surface area contributed by atoms with E-state index in [9.17, 15) is 14.3 Å². The summed E-state index contributed by atoms with van der Waals surface area (Å²) < 4.78 is 14.5. The average Bonchev–Trinajstić information content (AvgIpc) is 2.52. The smallest absolute Gasteiger partial charge is 0.259 e. The number of hydrogen-bond acceptors (Lipinski definition) is 5. The van der Waals surface area contributed by atoms with Crippen LogP contribution in [0.15, 0.2) is 47.3 Å². The van der Waals surface area contributed by atoms with Gasteiger partial charge in [0, 0.05) is 5.56 Å². The van der Waals surface area contributed by atoms with Crippen molar-refractivity contribution in [3.8, 4) is 17.0 Å². The SMILES string of the molecule is C=C(C)/C(NC(=O)c1cc(F)c(-c2cc(C)cc(N)n2)cc1O)=C(\N)Cl. The van der Waals surface area contributed by atoms with E-state index < -0.39 is 17.5 Å². The fraction of sp³-hybridized carbons (Fsp3) is 0.111. The van der Waals surface area contributed by atoms with Crippen LogP contribution < -0.4 is 16.8 Å². The molecule has 1 aromatic carbocycles. The number of carbonyl (C=O) groups is 1. The maximum atomic E-state index is 14.5. The lowest BCUT2D eigenvalue weighted by molar-refractivity contribution is 0.0963. The highest BCUT2D eigenvalue weighted by molar-refractivity contribution is 6.29.